The SMILES string of the molecule is Cc1cccc(C(=O)NCCSCc2ccccc2Cl)c1. The number of nitrogens with one attached hydrogen (secondary N) is 1. The Morgan fingerprint density at radius 2 is 2.00 bits per heavy atom. The van der Waals surface area contributed by atoms with Gasteiger partial charge < -0.3 is 5.32 Å². The molecule has 1 N–H and O–H groups in total. The van der Waals surface area contributed by atoms with Gasteiger partial charge in [0.2, 0.25) is 0 Å². The highest BCUT2D eigenvalue weighted by Gasteiger charge is 2.04. The summed E-state index contributed by atoms with van der Waals surface area (Å²) in [7, 11) is 0. The minimum Gasteiger partial charge on any atom is -0.351 e. The van der Waals surface area contributed by atoms with Gasteiger partial charge in [0.25, 0.3) is 5.91 Å². The molecule has 21 heavy (non-hydrogen) atoms. The molecule has 4 heteroatoms. The number of benzene rings is 2. The van der Waals surface area contributed by atoms with E-state index in [0.717, 1.165) is 27.7 Å². The summed E-state index contributed by atoms with van der Waals surface area (Å²) in [6.45, 7) is 2.64. The lowest BCUT2D eigenvalue weighted by molar-refractivity contribution is 0.0956. The lowest BCUT2D eigenvalue weighted by Gasteiger charge is -2.07. The first-order valence-electron chi connectivity index (χ1n) is 6.83. The molecule has 0 saturated heterocycles. The summed E-state index contributed by atoms with van der Waals surface area (Å²) in [5.41, 5.74) is 2.94. The molecule has 0 aliphatic rings. The molecule has 0 unspecified atom stereocenters. The third-order valence-electron chi connectivity index (χ3n) is 3.03. The second kappa shape index (κ2) is 8.11. The van der Waals surface area contributed by atoms with Crippen LogP contribution in [-0.4, -0.2) is 18.2 Å². The number of thioether (sulfide) groups is 1. The standard InChI is InChI=1S/C17H18ClNOS/c1-13-5-4-7-14(11-13)17(20)19-9-10-21-12-15-6-2-3-8-16(15)18/h2-8,11H,9-10,12H2,1H3,(H,19,20). The summed E-state index contributed by atoms with van der Waals surface area (Å²) in [5.74, 6) is 1.71. The maximum absolute atomic E-state index is 11.9. The second-order valence-corrected chi connectivity index (χ2v) is 6.28. The van der Waals surface area contributed by atoms with Crippen molar-refractivity contribution in [1.82, 2.24) is 5.32 Å². The molecule has 0 radical (unpaired) electrons. The Hall–Kier alpha value is -1.45. The molecular weight excluding hydrogens is 302 g/mol. The number of halogens is 1. The van der Waals surface area contributed by atoms with Crippen LogP contribution in [0.4, 0.5) is 0 Å². The maximum atomic E-state index is 11.9. The Morgan fingerprint density at radius 3 is 2.76 bits per heavy atom. The van der Waals surface area contributed by atoms with Crippen molar-refractivity contribution >= 4 is 29.3 Å². The summed E-state index contributed by atoms with van der Waals surface area (Å²) in [6, 6.07) is 15.5. The normalized spacial score (nSPS) is 10.4. The van der Waals surface area contributed by atoms with Crippen molar-refractivity contribution in [1.29, 1.82) is 0 Å². The van der Waals surface area contributed by atoms with E-state index in [2.05, 4.69) is 5.32 Å². The van der Waals surface area contributed by atoms with E-state index in [-0.39, 0.29) is 5.91 Å². The van der Waals surface area contributed by atoms with Gasteiger partial charge in [0, 0.05) is 28.6 Å². The highest BCUT2D eigenvalue weighted by Crippen LogP contribution is 2.20. The quantitative estimate of drug-likeness (QED) is 0.804. The number of hydrogen-bond acceptors (Lipinski definition) is 2. The van der Waals surface area contributed by atoms with Gasteiger partial charge in [0.15, 0.2) is 0 Å². The van der Waals surface area contributed by atoms with Crippen molar-refractivity contribution in [3.8, 4) is 0 Å². The Labute approximate surface area is 134 Å². The van der Waals surface area contributed by atoms with Crippen molar-refractivity contribution in [2.75, 3.05) is 12.3 Å². The van der Waals surface area contributed by atoms with Gasteiger partial charge >= 0.3 is 0 Å². The van der Waals surface area contributed by atoms with E-state index in [1.165, 1.54) is 0 Å². The molecule has 0 aromatic heterocycles. The van der Waals surface area contributed by atoms with E-state index in [9.17, 15) is 4.79 Å². The molecule has 2 rings (SSSR count). The Bertz CT molecular complexity index is 615. The van der Waals surface area contributed by atoms with Crippen molar-refractivity contribution in [3.05, 3.63) is 70.2 Å². The van der Waals surface area contributed by atoms with Crippen LogP contribution in [0.5, 0.6) is 0 Å². The predicted octanol–water partition coefficient (Wildman–Crippen LogP) is 4.31. The zero-order chi connectivity index (χ0) is 15.1. The first kappa shape index (κ1) is 15.9. The van der Waals surface area contributed by atoms with Crippen molar-refractivity contribution in [3.63, 3.8) is 0 Å². The number of carbonyl (C=O) groups excluding carboxylic acids is 1. The Balaban J connectivity index is 1.70. The molecule has 2 aromatic rings. The van der Waals surface area contributed by atoms with E-state index in [1.54, 1.807) is 11.8 Å². The van der Waals surface area contributed by atoms with Gasteiger partial charge in [-0.25, -0.2) is 0 Å². The predicted molar refractivity (Wildman–Crippen MR) is 91.1 cm³/mol. The monoisotopic (exact) mass is 319 g/mol. The summed E-state index contributed by atoms with van der Waals surface area (Å²) < 4.78 is 0. The van der Waals surface area contributed by atoms with Crippen LogP contribution in [0, 0.1) is 6.92 Å². The Kier molecular flexibility index (Phi) is 6.15. The topological polar surface area (TPSA) is 29.1 Å². The van der Waals surface area contributed by atoms with Gasteiger partial charge in [0.05, 0.1) is 0 Å². The average Bonchev–Trinajstić information content (AvgIpc) is 2.48. The van der Waals surface area contributed by atoms with E-state index < -0.39 is 0 Å². The highest BCUT2D eigenvalue weighted by molar-refractivity contribution is 7.98. The van der Waals surface area contributed by atoms with Crippen LogP contribution in [0.15, 0.2) is 48.5 Å². The fraction of sp³-hybridized carbons (Fsp3) is 0.235. The molecule has 2 aromatic carbocycles. The molecule has 0 bridgehead atoms. The van der Waals surface area contributed by atoms with Gasteiger partial charge in [-0.05, 0) is 30.7 Å². The zero-order valence-corrected chi connectivity index (χ0v) is 13.5. The third kappa shape index (κ3) is 5.10. The van der Waals surface area contributed by atoms with Gasteiger partial charge in [-0.2, -0.15) is 11.8 Å². The number of amides is 1. The van der Waals surface area contributed by atoms with Crippen LogP contribution in [0.25, 0.3) is 0 Å². The van der Waals surface area contributed by atoms with Crippen LogP contribution in [0.3, 0.4) is 0 Å². The molecule has 0 saturated carbocycles. The zero-order valence-electron chi connectivity index (χ0n) is 11.9. The number of carbonyl (C=O) groups is 1. The van der Waals surface area contributed by atoms with E-state index in [4.69, 9.17) is 11.6 Å². The van der Waals surface area contributed by atoms with Gasteiger partial charge in [-0.1, -0.05) is 47.5 Å². The molecule has 0 atom stereocenters. The van der Waals surface area contributed by atoms with Crippen molar-refractivity contribution in [2.24, 2.45) is 0 Å². The third-order valence-corrected chi connectivity index (χ3v) is 4.40. The van der Waals surface area contributed by atoms with Gasteiger partial charge in [-0.15, -0.1) is 0 Å². The molecular formula is C17H18ClNOS. The average molecular weight is 320 g/mol. The largest absolute Gasteiger partial charge is 0.351 e. The molecule has 0 fully saturated rings. The van der Waals surface area contributed by atoms with E-state index >= 15 is 0 Å². The molecule has 0 spiro atoms. The minimum atomic E-state index is -0.0166. The summed E-state index contributed by atoms with van der Waals surface area (Å²) >= 11 is 7.86. The van der Waals surface area contributed by atoms with Gasteiger partial charge in [-0.3, -0.25) is 4.79 Å². The molecule has 0 aliphatic carbocycles. The smallest absolute Gasteiger partial charge is 0.251 e. The number of aryl methyl sites for hydroxylation is 1. The lowest BCUT2D eigenvalue weighted by atomic mass is 10.1. The molecule has 0 aliphatic heterocycles. The van der Waals surface area contributed by atoms with Crippen LogP contribution in [0.2, 0.25) is 5.02 Å². The first-order valence-corrected chi connectivity index (χ1v) is 8.36. The van der Waals surface area contributed by atoms with Crippen LogP contribution >= 0.6 is 23.4 Å². The van der Waals surface area contributed by atoms with Crippen molar-refractivity contribution < 1.29 is 4.79 Å². The van der Waals surface area contributed by atoms with Crippen molar-refractivity contribution in [2.45, 2.75) is 12.7 Å². The number of hydrogen-bond donors (Lipinski definition) is 1. The van der Waals surface area contributed by atoms with Crippen LogP contribution in [-0.2, 0) is 5.75 Å². The number of rotatable bonds is 6. The Morgan fingerprint density at radius 1 is 1.19 bits per heavy atom. The molecule has 0 heterocycles. The summed E-state index contributed by atoms with van der Waals surface area (Å²) in [5, 5.41) is 3.73. The van der Waals surface area contributed by atoms with Gasteiger partial charge in [0.1, 0.15) is 0 Å². The first-order chi connectivity index (χ1) is 10.2. The van der Waals surface area contributed by atoms with E-state index in [1.807, 2.05) is 55.5 Å². The lowest BCUT2D eigenvalue weighted by Crippen LogP contribution is -2.25. The fourth-order valence-corrected chi connectivity index (χ4v) is 3.07. The highest BCUT2D eigenvalue weighted by atomic mass is 35.5. The second-order valence-electron chi connectivity index (χ2n) is 4.77. The van der Waals surface area contributed by atoms with Crippen LogP contribution < -0.4 is 5.32 Å². The molecule has 2 nitrogen and oxygen atoms in total. The molecule has 1 amide bonds. The molecule has 110 valence electrons. The minimum absolute atomic E-state index is 0.0166. The van der Waals surface area contributed by atoms with Crippen LogP contribution in [0.1, 0.15) is 21.5 Å². The summed E-state index contributed by atoms with van der Waals surface area (Å²) in [4.78, 5) is 11.9. The fourth-order valence-electron chi connectivity index (χ4n) is 1.92. The maximum Gasteiger partial charge on any atom is 0.251 e. The summed E-state index contributed by atoms with van der Waals surface area (Å²) in [6.07, 6.45) is 0. The van der Waals surface area contributed by atoms with E-state index in [0.29, 0.717) is 12.1 Å².